The number of carboxylic acid groups (broad SMARTS) is 1. The van der Waals surface area contributed by atoms with Crippen LogP contribution in [0.1, 0.15) is 28.9 Å². The van der Waals surface area contributed by atoms with Crippen LogP contribution in [0, 0.1) is 12.8 Å². The minimum Gasteiger partial charge on any atom is -0.480 e. The summed E-state index contributed by atoms with van der Waals surface area (Å²) in [6.45, 7) is 1.79. The Morgan fingerprint density at radius 3 is 2.76 bits per heavy atom. The smallest absolute Gasteiger partial charge is 0.327 e. The minimum atomic E-state index is -0.963. The molecule has 2 atom stereocenters. The van der Waals surface area contributed by atoms with Gasteiger partial charge in [0.05, 0.1) is 16.0 Å². The number of halogens is 1. The first-order chi connectivity index (χ1) is 9.99. The number of hydrogen-bond acceptors (Lipinski definition) is 4. The van der Waals surface area contributed by atoms with Gasteiger partial charge in [-0.05, 0) is 31.7 Å². The van der Waals surface area contributed by atoms with Crippen LogP contribution in [-0.4, -0.2) is 44.0 Å². The molecule has 0 bridgehead atoms. The lowest BCUT2D eigenvalue weighted by atomic mass is 10.1. The summed E-state index contributed by atoms with van der Waals surface area (Å²) in [5, 5.41) is 9.62. The molecule has 0 aromatic carbocycles. The monoisotopic (exact) mass is 326 g/mol. The summed E-state index contributed by atoms with van der Waals surface area (Å²) in [6, 6.07) is 0.838. The van der Waals surface area contributed by atoms with Crippen molar-refractivity contribution in [2.45, 2.75) is 31.2 Å². The number of carbonyl (C=O) groups is 2. The van der Waals surface area contributed by atoms with Gasteiger partial charge in [0.25, 0.3) is 5.91 Å². The Hall–Kier alpha value is -1.27. The second-order valence-electron chi connectivity index (χ2n) is 5.43. The van der Waals surface area contributed by atoms with Crippen LogP contribution in [0.4, 0.5) is 0 Å². The molecule has 2 heterocycles. The highest BCUT2D eigenvalue weighted by Crippen LogP contribution is 2.46. The van der Waals surface area contributed by atoms with E-state index in [4.69, 9.17) is 11.6 Å². The Labute approximate surface area is 131 Å². The van der Waals surface area contributed by atoms with E-state index >= 15 is 0 Å². The predicted molar refractivity (Wildman–Crippen MR) is 80.5 cm³/mol. The predicted octanol–water partition coefficient (Wildman–Crippen LogP) is 2.42. The maximum atomic E-state index is 12.8. The first-order valence-corrected chi connectivity index (χ1v) is 8.21. The summed E-state index contributed by atoms with van der Waals surface area (Å²) in [5.74, 6) is -0.462. The van der Waals surface area contributed by atoms with Crippen LogP contribution in [0.15, 0.2) is 12.3 Å². The molecule has 1 saturated carbocycles. The van der Waals surface area contributed by atoms with Crippen LogP contribution < -0.4 is 0 Å². The van der Waals surface area contributed by atoms with Crippen molar-refractivity contribution in [2.24, 2.45) is 5.92 Å². The first kappa shape index (κ1) is 14.7. The third kappa shape index (κ3) is 2.74. The summed E-state index contributed by atoms with van der Waals surface area (Å²) in [5.41, 5.74) is 1.00. The molecule has 0 radical (unpaired) electrons. The molecule has 0 spiro atoms. The van der Waals surface area contributed by atoms with Gasteiger partial charge in [0.15, 0.2) is 0 Å². The lowest BCUT2D eigenvalue weighted by Crippen LogP contribution is -2.46. The van der Waals surface area contributed by atoms with Crippen molar-refractivity contribution < 1.29 is 14.7 Å². The largest absolute Gasteiger partial charge is 0.480 e. The molecular formula is C14H15ClN2O3S. The van der Waals surface area contributed by atoms with Crippen LogP contribution in [0.2, 0.25) is 5.02 Å². The average molecular weight is 327 g/mol. The van der Waals surface area contributed by atoms with Gasteiger partial charge >= 0.3 is 5.97 Å². The average Bonchev–Trinajstić information content (AvgIpc) is 3.16. The van der Waals surface area contributed by atoms with Gasteiger partial charge in [-0.3, -0.25) is 9.78 Å². The molecule has 3 rings (SSSR count). The third-order valence-corrected chi connectivity index (χ3v) is 5.57. The summed E-state index contributed by atoms with van der Waals surface area (Å²) in [6.07, 6.45) is 3.53. The van der Waals surface area contributed by atoms with Crippen molar-refractivity contribution >= 4 is 35.2 Å². The zero-order chi connectivity index (χ0) is 15.1. The van der Waals surface area contributed by atoms with Crippen LogP contribution in [0.25, 0.3) is 0 Å². The van der Waals surface area contributed by atoms with Crippen LogP contribution in [0.3, 0.4) is 0 Å². The zero-order valence-electron chi connectivity index (χ0n) is 11.5. The molecule has 1 N–H and O–H groups in total. The molecule has 1 aliphatic heterocycles. The summed E-state index contributed by atoms with van der Waals surface area (Å²) >= 11 is 7.68. The van der Waals surface area contributed by atoms with E-state index < -0.39 is 12.0 Å². The van der Waals surface area contributed by atoms with Crippen LogP contribution in [0.5, 0.6) is 0 Å². The quantitative estimate of drug-likeness (QED) is 0.923. The highest BCUT2D eigenvalue weighted by Gasteiger charge is 2.48. The van der Waals surface area contributed by atoms with Gasteiger partial charge in [-0.1, -0.05) is 11.6 Å². The molecule has 2 aliphatic rings. The number of aliphatic carboxylic acids is 1. The number of hydrogen-bond donors (Lipinski definition) is 1. The Bertz CT molecular complexity index is 606. The first-order valence-electron chi connectivity index (χ1n) is 6.78. The van der Waals surface area contributed by atoms with Gasteiger partial charge in [0.2, 0.25) is 0 Å². The number of carboxylic acids is 1. The van der Waals surface area contributed by atoms with Gasteiger partial charge in [0.1, 0.15) is 6.04 Å². The van der Waals surface area contributed by atoms with Crippen LogP contribution in [-0.2, 0) is 4.79 Å². The van der Waals surface area contributed by atoms with Gasteiger partial charge < -0.3 is 10.0 Å². The number of aromatic nitrogens is 1. The molecule has 2 fully saturated rings. The molecule has 21 heavy (non-hydrogen) atoms. The molecule has 1 aromatic rings. The molecular weight excluding hydrogens is 312 g/mol. The number of nitrogens with zero attached hydrogens (tertiary/aromatic N) is 2. The fourth-order valence-electron chi connectivity index (χ4n) is 2.54. The topological polar surface area (TPSA) is 70.5 Å². The number of thioether (sulfide) groups is 1. The summed E-state index contributed by atoms with van der Waals surface area (Å²) in [4.78, 5) is 29.8. The summed E-state index contributed by atoms with van der Waals surface area (Å²) in [7, 11) is 0. The maximum Gasteiger partial charge on any atom is 0.327 e. The molecule has 5 nitrogen and oxygen atoms in total. The van der Waals surface area contributed by atoms with E-state index in [9.17, 15) is 14.7 Å². The molecule has 1 saturated heterocycles. The Balaban J connectivity index is 1.93. The number of rotatable bonds is 3. The molecule has 1 amide bonds. The van der Waals surface area contributed by atoms with E-state index in [1.54, 1.807) is 24.8 Å². The van der Waals surface area contributed by atoms with E-state index in [2.05, 4.69) is 4.98 Å². The van der Waals surface area contributed by atoms with Gasteiger partial charge in [-0.25, -0.2) is 4.79 Å². The number of pyridine rings is 1. The Morgan fingerprint density at radius 2 is 2.19 bits per heavy atom. The second-order valence-corrected chi connectivity index (χ2v) is 6.99. The lowest BCUT2D eigenvalue weighted by Gasteiger charge is -2.27. The van der Waals surface area contributed by atoms with Crippen molar-refractivity contribution in [1.29, 1.82) is 0 Å². The number of aryl methyl sites for hydroxylation is 1. The van der Waals surface area contributed by atoms with E-state index in [0.717, 1.165) is 18.5 Å². The van der Waals surface area contributed by atoms with Crippen molar-refractivity contribution in [3.63, 3.8) is 0 Å². The SMILES string of the molecule is Cc1cc(Cl)c(C(=O)N2C(C(=O)O)CSC2C2CC2)cn1. The van der Waals surface area contributed by atoms with E-state index in [1.807, 2.05) is 0 Å². The highest BCUT2D eigenvalue weighted by molar-refractivity contribution is 8.00. The van der Waals surface area contributed by atoms with E-state index in [-0.39, 0.29) is 16.8 Å². The number of carbonyl (C=O) groups excluding carboxylic acids is 1. The van der Waals surface area contributed by atoms with Crippen molar-refractivity contribution in [2.75, 3.05) is 5.75 Å². The molecule has 1 aliphatic carbocycles. The second kappa shape index (κ2) is 5.50. The van der Waals surface area contributed by atoms with Gasteiger partial charge in [0, 0.05) is 17.6 Å². The lowest BCUT2D eigenvalue weighted by molar-refractivity contribution is -0.141. The third-order valence-electron chi connectivity index (χ3n) is 3.80. The standard InChI is InChI=1S/C14H15ClN2O3S/c1-7-4-10(15)9(5-16-7)12(18)17-11(14(19)20)6-21-13(17)8-2-3-8/h4-5,8,11,13H,2-3,6H2,1H3,(H,19,20). The summed E-state index contributed by atoms with van der Waals surface area (Å²) < 4.78 is 0. The molecule has 1 aromatic heterocycles. The Morgan fingerprint density at radius 1 is 1.48 bits per heavy atom. The van der Waals surface area contributed by atoms with Gasteiger partial charge in [-0.15, -0.1) is 11.8 Å². The Kier molecular flexibility index (Phi) is 3.84. The highest BCUT2D eigenvalue weighted by atomic mass is 35.5. The normalized spacial score (nSPS) is 25.1. The zero-order valence-corrected chi connectivity index (χ0v) is 13.0. The van der Waals surface area contributed by atoms with Crippen LogP contribution >= 0.6 is 23.4 Å². The minimum absolute atomic E-state index is 0.0593. The van der Waals surface area contributed by atoms with Crippen molar-refractivity contribution in [1.82, 2.24) is 9.88 Å². The van der Waals surface area contributed by atoms with E-state index in [1.165, 1.54) is 11.1 Å². The molecule has 7 heteroatoms. The van der Waals surface area contributed by atoms with Crippen molar-refractivity contribution in [3.8, 4) is 0 Å². The van der Waals surface area contributed by atoms with E-state index in [0.29, 0.717) is 16.7 Å². The fraction of sp³-hybridized carbons (Fsp3) is 0.500. The molecule has 2 unspecified atom stereocenters. The maximum absolute atomic E-state index is 12.8. The van der Waals surface area contributed by atoms with Crippen molar-refractivity contribution in [3.05, 3.63) is 28.5 Å². The molecule has 112 valence electrons. The fourth-order valence-corrected chi connectivity index (χ4v) is 4.46. The van der Waals surface area contributed by atoms with Gasteiger partial charge in [-0.2, -0.15) is 0 Å². The number of amides is 1.